The van der Waals surface area contributed by atoms with Gasteiger partial charge in [-0.05, 0) is 33.6 Å². The van der Waals surface area contributed by atoms with Gasteiger partial charge in [0.05, 0.1) is 6.10 Å². The van der Waals surface area contributed by atoms with Gasteiger partial charge in [-0.2, -0.15) is 0 Å². The third kappa shape index (κ3) is 3.20. The molecule has 16 heavy (non-hydrogen) atoms. The quantitative estimate of drug-likeness (QED) is 0.777. The van der Waals surface area contributed by atoms with Gasteiger partial charge < -0.3 is 14.7 Å². The number of carboxylic acid groups (broad SMARTS) is 1. The van der Waals surface area contributed by atoms with E-state index in [1.54, 1.807) is 13.8 Å². The Hall–Kier alpha value is -1.10. The molecule has 1 rings (SSSR count). The summed E-state index contributed by atoms with van der Waals surface area (Å²) >= 11 is 0. The summed E-state index contributed by atoms with van der Waals surface area (Å²) < 4.78 is 5.45. The number of aliphatic carboxylic acids is 1. The molecule has 2 atom stereocenters. The van der Waals surface area contributed by atoms with Crippen LogP contribution in [-0.4, -0.2) is 46.7 Å². The van der Waals surface area contributed by atoms with Gasteiger partial charge in [0.25, 0.3) is 5.91 Å². The van der Waals surface area contributed by atoms with Gasteiger partial charge in [-0.15, -0.1) is 0 Å². The smallest absolute Gasteiger partial charge is 0.323 e. The Morgan fingerprint density at radius 3 is 2.44 bits per heavy atom. The number of carboxylic acids is 1. The summed E-state index contributed by atoms with van der Waals surface area (Å²) in [6.45, 7) is 5.27. The van der Waals surface area contributed by atoms with Crippen LogP contribution in [0.3, 0.4) is 0 Å². The maximum absolute atomic E-state index is 12.0. The molecule has 1 aliphatic rings. The number of hydrogen-bond acceptors (Lipinski definition) is 3. The first-order valence-electron chi connectivity index (χ1n) is 5.59. The first-order chi connectivity index (χ1) is 7.41. The molecule has 0 radical (unpaired) electrons. The summed E-state index contributed by atoms with van der Waals surface area (Å²) in [7, 11) is 0. The van der Waals surface area contributed by atoms with E-state index in [1.165, 1.54) is 4.90 Å². The van der Waals surface area contributed by atoms with Crippen LogP contribution in [0.15, 0.2) is 0 Å². The normalized spacial score (nSPS) is 24.8. The van der Waals surface area contributed by atoms with Crippen LogP contribution in [0.4, 0.5) is 0 Å². The fourth-order valence-electron chi connectivity index (χ4n) is 1.83. The Morgan fingerprint density at radius 2 is 2.06 bits per heavy atom. The zero-order valence-corrected chi connectivity index (χ0v) is 9.97. The highest BCUT2D eigenvalue weighted by atomic mass is 16.5. The van der Waals surface area contributed by atoms with Gasteiger partial charge in [0.1, 0.15) is 12.6 Å². The monoisotopic (exact) mass is 229 g/mol. The molecule has 1 heterocycles. The minimum Gasteiger partial charge on any atom is -0.480 e. The Balaban J connectivity index is 2.63. The Labute approximate surface area is 95.4 Å². The molecule has 1 fully saturated rings. The Kier molecular flexibility index (Phi) is 4.29. The predicted octanol–water partition coefficient (Wildman–Crippen LogP) is 0.875. The predicted molar refractivity (Wildman–Crippen MR) is 58.1 cm³/mol. The van der Waals surface area contributed by atoms with Crippen molar-refractivity contribution in [2.75, 3.05) is 6.54 Å². The molecule has 0 bridgehead atoms. The lowest BCUT2D eigenvalue weighted by Gasteiger charge is -2.27. The molecule has 1 aliphatic heterocycles. The van der Waals surface area contributed by atoms with Gasteiger partial charge in [0, 0.05) is 6.04 Å². The second kappa shape index (κ2) is 5.30. The third-order valence-electron chi connectivity index (χ3n) is 2.72. The van der Waals surface area contributed by atoms with Crippen molar-refractivity contribution in [1.29, 1.82) is 0 Å². The number of carbonyl (C=O) groups is 2. The lowest BCUT2D eigenvalue weighted by molar-refractivity contribution is -0.151. The number of ether oxygens (including phenoxy) is 1. The molecule has 0 aliphatic carbocycles. The van der Waals surface area contributed by atoms with Gasteiger partial charge in [-0.25, -0.2) is 0 Å². The molecule has 0 saturated carbocycles. The van der Waals surface area contributed by atoms with Crippen LogP contribution >= 0.6 is 0 Å². The zero-order chi connectivity index (χ0) is 12.3. The summed E-state index contributed by atoms with van der Waals surface area (Å²) in [5, 5.41) is 8.74. The van der Waals surface area contributed by atoms with E-state index in [2.05, 4.69) is 0 Å². The van der Waals surface area contributed by atoms with E-state index in [-0.39, 0.29) is 24.6 Å². The molecule has 0 unspecified atom stereocenters. The van der Waals surface area contributed by atoms with E-state index in [1.807, 2.05) is 6.92 Å². The summed E-state index contributed by atoms with van der Waals surface area (Å²) in [5.41, 5.74) is 0. The molecule has 5 heteroatoms. The van der Waals surface area contributed by atoms with Crippen molar-refractivity contribution >= 4 is 11.9 Å². The molecule has 1 amide bonds. The highest BCUT2D eigenvalue weighted by molar-refractivity contribution is 5.85. The lowest BCUT2D eigenvalue weighted by atomic mass is 10.1. The van der Waals surface area contributed by atoms with E-state index >= 15 is 0 Å². The molecule has 5 nitrogen and oxygen atoms in total. The minimum absolute atomic E-state index is 0.0905. The van der Waals surface area contributed by atoms with Crippen LogP contribution in [0.25, 0.3) is 0 Å². The molecule has 0 aromatic carbocycles. The first-order valence-corrected chi connectivity index (χ1v) is 5.59. The van der Waals surface area contributed by atoms with Crippen molar-refractivity contribution in [3.63, 3.8) is 0 Å². The summed E-state index contributed by atoms with van der Waals surface area (Å²) in [6.07, 6.45) is 1.17. The van der Waals surface area contributed by atoms with Gasteiger partial charge in [0.15, 0.2) is 0 Å². The lowest BCUT2D eigenvalue weighted by Crippen LogP contribution is -2.45. The molecule has 0 aromatic rings. The van der Waals surface area contributed by atoms with Crippen molar-refractivity contribution in [1.82, 2.24) is 4.90 Å². The molecule has 1 saturated heterocycles. The van der Waals surface area contributed by atoms with Crippen LogP contribution < -0.4 is 0 Å². The average Bonchev–Trinajstić information content (AvgIpc) is 2.59. The maximum Gasteiger partial charge on any atom is 0.323 e. The fraction of sp³-hybridized carbons (Fsp3) is 0.818. The largest absolute Gasteiger partial charge is 0.480 e. The topological polar surface area (TPSA) is 66.8 Å². The van der Waals surface area contributed by atoms with Crippen LogP contribution in [0.5, 0.6) is 0 Å². The highest BCUT2D eigenvalue weighted by Crippen LogP contribution is 2.21. The minimum atomic E-state index is -0.993. The molecule has 1 N–H and O–H groups in total. The second-order valence-corrected chi connectivity index (χ2v) is 4.47. The highest BCUT2D eigenvalue weighted by Gasteiger charge is 2.33. The van der Waals surface area contributed by atoms with Crippen LogP contribution in [0.1, 0.15) is 33.6 Å². The summed E-state index contributed by atoms with van der Waals surface area (Å²) in [5.74, 6) is -1.20. The standard InChI is InChI=1S/C11H19NO4/c1-7(2)12(6-10(13)14)11(15)9-5-4-8(3)16-9/h7-9H,4-6H2,1-3H3,(H,13,14)/t8-,9-/m0/s1. The van der Waals surface area contributed by atoms with Gasteiger partial charge in [-0.1, -0.05) is 0 Å². The number of amides is 1. The number of rotatable bonds is 4. The average molecular weight is 229 g/mol. The van der Waals surface area contributed by atoms with Crippen LogP contribution in [0.2, 0.25) is 0 Å². The molecule has 0 aromatic heterocycles. The van der Waals surface area contributed by atoms with E-state index in [9.17, 15) is 9.59 Å². The van der Waals surface area contributed by atoms with Crippen LogP contribution in [-0.2, 0) is 14.3 Å². The Bertz CT molecular complexity index is 277. The van der Waals surface area contributed by atoms with Crippen LogP contribution in [0, 0.1) is 0 Å². The number of carbonyl (C=O) groups excluding carboxylic acids is 1. The Morgan fingerprint density at radius 1 is 1.44 bits per heavy atom. The zero-order valence-electron chi connectivity index (χ0n) is 9.97. The number of hydrogen-bond donors (Lipinski definition) is 1. The summed E-state index contributed by atoms with van der Waals surface area (Å²) in [4.78, 5) is 24.0. The van der Waals surface area contributed by atoms with Crippen molar-refractivity contribution in [3.8, 4) is 0 Å². The van der Waals surface area contributed by atoms with Gasteiger partial charge in [0.2, 0.25) is 0 Å². The maximum atomic E-state index is 12.0. The third-order valence-corrected chi connectivity index (χ3v) is 2.72. The SMILES string of the molecule is CC(C)N(CC(=O)O)C(=O)[C@@H]1CC[C@H](C)O1. The molecular weight excluding hydrogens is 210 g/mol. The fourth-order valence-corrected chi connectivity index (χ4v) is 1.83. The van der Waals surface area contributed by atoms with Crippen molar-refractivity contribution in [2.45, 2.75) is 51.9 Å². The van der Waals surface area contributed by atoms with Crippen molar-refractivity contribution in [2.24, 2.45) is 0 Å². The van der Waals surface area contributed by atoms with E-state index < -0.39 is 12.1 Å². The number of nitrogens with zero attached hydrogens (tertiary/aromatic N) is 1. The van der Waals surface area contributed by atoms with Gasteiger partial charge in [-0.3, -0.25) is 9.59 Å². The second-order valence-electron chi connectivity index (χ2n) is 4.47. The summed E-state index contributed by atoms with van der Waals surface area (Å²) in [6, 6.07) is -0.122. The molecule has 92 valence electrons. The first kappa shape index (κ1) is 13.0. The van der Waals surface area contributed by atoms with Crippen molar-refractivity contribution in [3.05, 3.63) is 0 Å². The van der Waals surface area contributed by atoms with E-state index in [0.717, 1.165) is 6.42 Å². The molecule has 0 spiro atoms. The van der Waals surface area contributed by atoms with E-state index in [0.29, 0.717) is 6.42 Å². The van der Waals surface area contributed by atoms with E-state index in [4.69, 9.17) is 9.84 Å². The van der Waals surface area contributed by atoms with Gasteiger partial charge >= 0.3 is 5.97 Å². The molecular formula is C11H19NO4. The van der Waals surface area contributed by atoms with Crippen molar-refractivity contribution < 1.29 is 19.4 Å².